The van der Waals surface area contributed by atoms with Crippen LogP contribution in [0.3, 0.4) is 0 Å². The molecule has 0 aliphatic heterocycles. The maximum Gasteiger partial charge on any atom is 0.472 e. The standard InChI is InChI=1S/C84H164O17P2/c1-5-9-13-17-21-25-29-32-35-38-39-40-41-42-45-48-51-55-59-63-67-71-84(89)101-80(75-95-82(87)69-65-61-57-53-49-46-43-36-33-30-26-22-18-14-10-6-2)77-99-103(92,93)97-73-78(85)72-96-102(90,91)98-76-79(74-94-81(86)68-64-60-56-52-28-24-20-16-12-8-4)100-83(88)70-66-62-58-54-50-47-44-37-34-31-27-23-19-15-11-7-3/h78-80,85H,5-77H2,1-4H3,(H,90,91)(H,92,93)/t78-,79+,80+/m0/s1. The summed E-state index contributed by atoms with van der Waals surface area (Å²) in [7, 11) is -9.92. The van der Waals surface area contributed by atoms with Crippen LogP contribution in [-0.2, 0) is 65.4 Å². The van der Waals surface area contributed by atoms with E-state index in [9.17, 15) is 43.2 Å². The number of carbonyl (C=O) groups is 4. The van der Waals surface area contributed by atoms with Crippen LogP contribution >= 0.6 is 15.6 Å². The fourth-order valence-corrected chi connectivity index (χ4v) is 14.7. The Morgan fingerprint density at radius 3 is 0.573 bits per heavy atom. The first kappa shape index (κ1) is 101. The first-order chi connectivity index (χ1) is 50.2. The van der Waals surface area contributed by atoms with E-state index in [-0.39, 0.29) is 25.7 Å². The summed E-state index contributed by atoms with van der Waals surface area (Å²) >= 11 is 0. The molecule has 17 nitrogen and oxygen atoms in total. The molecule has 103 heavy (non-hydrogen) atoms. The molecule has 0 spiro atoms. The Balaban J connectivity index is 5.22. The Morgan fingerprint density at radius 2 is 0.388 bits per heavy atom. The lowest BCUT2D eigenvalue weighted by Crippen LogP contribution is -2.30. The molecule has 0 amide bonds. The first-order valence-corrected chi connectivity index (χ1v) is 46.8. The van der Waals surface area contributed by atoms with Crippen LogP contribution in [0.15, 0.2) is 0 Å². The molecule has 0 aromatic heterocycles. The van der Waals surface area contributed by atoms with Crippen molar-refractivity contribution in [2.45, 2.75) is 476 Å². The average Bonchev–Trinajstić information content (AvgIpc) is 0.917. The van der Waals surface area contributed by atoms with Gasteiger partial charge in [0.1, 0.15) is 19.3 Å². The van der Waals surface area contributed by atoms with Crippen molar-refractivity contribution < 1.29 is 80.2 Å². The number of hydrogen-bond acceptors (Lipinski definition) is 15. The molecule has 0 saturated heterocycles. The number of aliphatic hydroxyl groups is 1. The van der Waals surface area contributed by atoms with Gasteiger partial charge in [0.2, 0.25) is 0 Å². The molecule has 5 atom stereocenters. The summed E-state index contributed by atoms with van der Waals surface area (Å²) in [5.74, 6) is -2.10. The Morgan fingerprint density at radius 1 is 0.233 bits per heavy atom. The zero-order valence-electron chi connectivity index (χ0n) is 67.3. The predicted octanol–water partition coefficient (Wildman–Crippen LogP) is 25.7. The van der Waals surface area contributed by atoms with Gasteiger partial charge in [-0.1, -0.05) is 407 Å². The van der Waals surface area contributed by atoms with Crippen LogP contribution in [0.25, 0.3) is 0 Å². The lowest BCUT2D eigenvalue weighted by Gasteiger charge is -2.21. The van der Waals surface area contributed by atoms with Crippen molar-refractivity contribution in [2.75, 3.05) is 39.6 Å². The minimum absolute atomic E-state index is 0.109. The maximum absolute atomic E-state index is 13.1. The van der Waals surface area contributed by atoms with E-state index in [1.807, 2.05) is 0 Å². The third-order valence-corrected chi connectivity index (χ3v) is 21.8. The second kappa shape index (κ2) is 78.2. The van der Waals surface area contributed by atoms with Gasteiger partial charge in [0.15, 0.2) is 12.2 Å². The SMILES string of the molecule is CCCCCCCCCCCCCCCCCCCCCCCC(=O)O[C@H](COC(=O)CCCCCCCCCCCCCCCCCC)COP(=O)(O)OC[C@@H](O)COP(=O)(O)OC[C@@H](COC(=O)CCCCCCCCCCCC)OC(=O)CCCCCCCCCCCCCCCCCC. The molecule has 19 heteroatoms. The number of esters is 4. The molecular weight excluding hydrogens is 1340 g/mol. The lowest BCUT2D eigenvalue weighted by atomic mass is 10.0. The fraction of sp³-hybridized carbons (Fsp3) is 0.952. The molecule has 0 heterocycles. The van der Waals surface area contributed by atoms with Crippen molar-refractivity contribution in [2.24, 2.45) is 0 Å². The number of hydrogen-bond donors (Lipinski definition) is 3. The average molecular weight is 1510 g/mol. The van der Waals surface area contributed by atoms with Crippen LogP contribution in [-0.4, -0.2) is 96.7 Å². The normalized spacial score (nSPS) is 13.7. The highest BCUT2D eigenvalue weighted by molar-refractivity contribution is 7.47. The number of rotatable bonds is 85. The van der Waals surface area contributed by atoms with Gasteiger partial charge in [0, 0.05) is 25.7 Å². The largest absolute Gasteiger partial charge is 0.472 e. The molecule has 0 radical (unpaired) electrons. The van der Waals surface area contributed by atoms with Crippen molar-refractivity contribution in [1.82, 2.24) is 0 Å². The van der Waals surface area contributed by atoms with Gasteiger partial charge >= 0.3 is 39.5 Å². The molecule has 0 aromatic carbocycles. The molecule has 0 aliphatic carbocycles. The van der Waals surface area contributed by atoms with Crippen molar-refractivity contribution in [3.63, 3.8) is 0 Å². The predicted molar refractivity (Wildman–Crippen MR) is 423 cm³/mol. The van der Waals surface area contributed by atoms with Gasteiger partial charge < -0.3 is 33.8 Å². The molecule has 0 saturated carbocycles. The molecule has 0 rings (SSSR count). The van der Waals surface area contributed by atoms with Gasteiger partial charge in [-0.15, -0.1) is 0 Å². The second-order valence-electron chi connectivity index (χ2n) is 30.2. The monoisotopic (exact) mass is 1510 g/mol. The molecule has 0 bridgehead atoms. The Bertz CT molecular complexity index is 1950. The smallest absolute Gasteiger partial charge is 0.462 e. The number of phosphoric acid groups is 2. The molecule has 612 valence electrons. The van der Waals surface area contributed by atoms with Gasteiger partial charge in [-0.3, -0.25) is 37.3 Å². The minimum atomic E-state index is -4.96. The van der Waals surface area contributed by atoms with Gasteiger partial charge in [0.25, 0.3) is 0 Å². The highest BCUT2D eigenvalue weighted by Crippen LogP contribution is 2.45. The van der Waals surface area contributed by atoms with Crippen molar-refractivity contribution in [3.05, 3.63) is 0 Å². The summed E-state index contributed by atoms with van der Waals surface area (Å²) in [6, 6.07) is 0. The van der Waals surface area contributed by atoms with E-state index in [1.165, 1.54) is 289 Å². The number of carbonyl (C=O) groups excluding carboxylic acids is 4. The fourth-order valence-electron chi connectivity index (χ4n) is 13.2. The van der Waals surface area contributed by atoms with E-state index in [0.717, 1.165) is 89.9 Å². The summed E-state index contributed by atoms with van der Waals surface area (Å²) in [5, 5.41) is 10.7. The summed E-state index contributed by atoms with van der Waals surface area (Å²) in [6.45, 7) is 5.04. The summed E-state index contributed by atoms with van der Waals surface area (Å²) in [4.78, 5) is 73.1. The van der Waals surface area contributed by atoms with Crippen LogP contribution in [0.1, 0.15) is 458 Å². The van der Waals surface area contributed by atoms with E-state index < -0.39 is 97.5 Å². The third kappa shape index (κ3) is 78.0. The molecule has 0 aromatic rings. The van der Waals surface area contributed by atoms with Crippen molar-refractivity contribution in [3.8, 4) is 0 Å². The summed E-state index contributed by atoms with van der Waals surface area (Å²) in [5.41, 5.74) is 0. The minimum Gasteiger partial charge on any atom is -0.462 e. The quantitative estimate of drug-likeness (QED) is 0.0222. The van der Waals surface area contributed by atoms with Crippen molar-refractivity contribution in [1.29, 1.82) is 0 Å². The molecular formula is C84H164O17P2. The van der Waals surface area contributed by atoms with Gasteiger partial charge in [-0.05, 0) is 25.7 Å². The number of phosphoric ester groups is 2. The van der Waals surface area contributed by atoms with Crippen LogP contribution in [0.2, 0.25) is 0 Å². The van der Waals surface area contributed by atoms with Crippen LogP contribution in [0.4, 0.5) is 0 Å². The topological polar surface area (TPSA) is 237 Å². The Hall–Kier alpha value is -1.94. The second-order valence-corrected chi connectivity index (χ2v) is 33.1. The highest BCUT2D eigenvalue weighted by Gasteiger charge is 2.30. The zero-order chi connectivity index (χ0) is 75.3. The highest BCUT2D eigenvalue weighted by atomic mass is 31.2. The van der Waals surface area contributed by atoms with E-state index in [4.69, 9.17) is 37.0 Å². The molecule has 2 unspecified atom stereocenters. The van der Waals surface area contributed by atoms with E-state index >= 15 is 0 Å². The van der Waals surface area contributed by atoms with Crippen LogP contribution in [0, 0.1) is 0 Å². The third-order valence-electron chi connectivity index (χ3n) is 19.9. The number of aliphatic hydroxyl groups excluding tert-OH is 1. The van der Waals surface area contributed by atoms with Crippen molar-refractivity contribution >= 4 is 39.5 Å². The first-order valence-electron chi connectivity index (χ1n) is 43.8. The van der Waals surface area contributed by atoms with Gasteiger partial charge in [-0.25, -0.2) is 9.13 Å². The van der Waals surface area contributed by atoms with Crippen LogP contribution in [0.5, 0.6) is 0 Å². The maximum atomic E-state index is 13.1. The number of unbranched alkanes of at least 4 members (excludes halogenated alkanes) is 59. The lowest BCUT2D eigenvalue weighted by molar-refractivity contribution is -0.161. The zero-order valence-corrected chi connectivity index (χ0v) is 69.1. The van der Waals surface area contributed by atoms with Crippen LogP contribution < -0.4 is 0 Å². The van der Waals surface area contributed by atoms with Gasteiger partial charge in [0.05, 0.1) is 26.4 Å². The van der Waals surface area contributed by atoms with Gasteiger partial charge in [-0.2, -0.15) is 0 Å². The summed E-state index contributed by atoms with van der Waals surface area (Å²) < 4.78 is 68.8. The summed E-state index contributed by atoms with van der Waals surface area (Å²) in [6.07, 6.45) is 72.2. The van der Waals surface area contributed by atoms with E-state index in [1.54, 1.807) is 0 Å². The molecule has 3 N–H and O–H groups in total. The molecule has 0 aliphatic rings. The number of ether oxygens (including phenoxy) is 4. The molecule has 0 fully saturated rings. The van der Waals surface area contributed by atoms with E-state index in [0.29, 0.717) is 25.7 Å². The Kier molecular flexibility index (Phi) is 76.7. The van der Waals surface area contributed by atoms with E-state index in [2.05, 4.69) is 27.7 Å². The Labute approximate surface area is 632 Å².